The molecule has 0 radical (unpaired) electrons. The second-order valence-electron chi connectivity index (χ2n) is 5.67. The van der Waals surface area contributed by atoms with Crippen molar-refractivity contribution in [2.75, 3.05) is 13.3 Å². The highest BCUT2D eigenvalue weighted by atomic mass is 16.7. The minimum atomic E-state index is -0.292. The smallest absolute Gasteiger partial charge is 0.231 e. The van der Waals surface area contributed by atoms with E-state index in [0.717, 1.165) is 12.0 Å². The fourth-order valence-electron chi connectivity index (χ4n) is 2.02. The summed E-state index contributed by atoms with van der Waals surface area (Å²) >= 11 is 0. The predicted octanol–water partition coefficient (Wildman–Crippen LogP) is 1.58. The molecule has 2 N–H and O–H groups in total. The van der Waals surface area contributed by atoms with Gasteiger partial charge in [0.2, 0.25) is 18.6 Å². The zero-order valence-corrected chi connectivity index (χ0v) is 13.0. The number of rotatable bonds is 7. The van der Waals surface area contributed by atoms with E-state index in [1.54, 1.807) is 0 Å². The minimum absolute atomic E-state index is 0.150. The average Bonchev–Trinajstić information content (AvgIpc) is 2.92. The van der Waals surface area contributed by atoms with Crippen molar-refractivity contribution in [1.82, 2.24) is 10.6 Å². The van der Waals surface area contributed by atoms with Crippen LogP contribution in [0, 0.1) is 5.92 Å². The Bertz CT molecular complexity index is 543. The van der Waals surface area contributed by atoms with Crippen LogP contribution in [-0.2, 0) is 16.1 Å². The molecule has 0 aliphatic carbocycles. The van der Waals surface area contributed by atoms with Gasteiger partial charge in [0, 0.05) is 13.1 Å². The van der Waals surface area contributed by atoms with Crippen molar-refractivity contribution >= 4 is 11.8 Å². The lowest BCUT2D eigenvalue weighted by Crippen LogP contribution is -2.32. The number of fused-ring (bicyclic) bond motifs is 1. The monoisotopic (exact) mass is 306 g/mol. The van der Waals surface area contributed by atoms with Crippen molar-refractivity contribution in [2.24, 2.45) is 5.92 Å². The molecule has 22 heavy (non-hydrogen) atoms. The molecule has 0 aromatic heterocycles. The van der Waals surface area contributed by atoms with Gasteiger partial charge in [0.1, 0.15) is 6.42 Å². The molecule has 0 saturated carbocycles. The number of hydrogen-bond donors (Lipinski definition) is 2. The summed E-state index contributed by atoms with van der Waals surface area (Å²) in [6.07, 6.45) is 0.757. The Morgan fingerprint density at radius 1 is 1.14 bits per heavy atom. The summed E-state index contributed by atoms with van der Waals surface area (Å²) in [6.45, 7) is 5.36. The molecule has 0 saturated heterocycles. The molecule has 0 bridgehead atoms. The third kappa shape index (κ3) is 4.95. The average molecular weight is 306 g/mol. The van der Waals surface area contributed by atoms with E-state index in [2.05, 4.69) is 24.5 Å². The maximum atomic E-state index is 11.7. The lowest BCUT2D eigenvalue weighted by atomic mass is 10.1. The molecule has 6 heteroatoms. The van der Waals surface area contributed by atoms with Crippen molar-refractivity contribution in [2.45, 2.75) is 33.2 Å². The summed E-state index contributed by atoms with van der Waals surface area (Å²) in [4.78, 5) is 23.3. The van der Waals surface area contributed by atoms with Crippen LogP contribution >= 0.6 is 0 Å². The molecule has 1 aliphatic rings. The Kier molecular flexibility index (Phi) is 5.63. The number of carbonyl (C=O) groups excluding carboxylic acids is 2. The molecular formula is C16H22N2O4. The zero-order valence-electron chi connectivity index (χ0n) is 13.0. The first-order chi connectivity index (χ1) is 10.5. The highest BCUT2D eigenvalue weighted by Gasteiger charge is 2.14. The molecule has 1 heterocycles. The number of benzene rings is 1. The van der Waals surface area contributed by atoms with E-state index in [9.17, 15) is 9.59 Å². The van der Waals surface area contributed by atoms with E-state index in [1.165, 1.54) is 0 Å². The Balaban J connectivity index is 1.70. The van der Waals surface area contributed by atoms with Crippen LogP contribution in [0.15, 0.2) is 18.2 Å². The second-order valence-corrected chi connectivity index (χ2v) is 5.67. The first kappa shape index (κ1) is 16.1. The molecule has 6 nitrogen and oxygen atoms in total. The van der Waals surface area contributed by atoms with E-state index in [4.69, 9.17) is 9.47 Å². The number of amides is 2. The Morgan fingerprint density at radius 3 is 2.64 bits per heavy atom. The molecular weight excluding hydrogens is 284 g/mol. The molecule has 0 atom stereocenters. The quantitative estimate of drug-likeness (QED) is 0.750. The highest BCUT2D eigenvalue weighted by Crippen LogP contribution is 2.32. The van der Waals surface area contributed by atoms with Gasteiger partial charge in [-0.05, 0) is 30.0 Å². The molecule has 2 amide bonds. The summed E-state index contributed by atoms with van der Waals surface area (Å²) in [5.41, 5.74) is 0.901. The van der Waals surface area contributed by atoms with Gasteiger partial charge in [-0.3, -0.25) is 9.59 Å². The van der Waals surface area contributed by atoms with Gasteiger partial charge in [-0.25, -0.2) is 0 Å². The van der Waals surface area contributed by atoms with Gasteiger partial charge in [0.15, 0.2) is 11.5 Å². The fourth-order valence-corrected chi connectivity index (χ4v) is 2.02. The first-order valence-corrected chi connectivity index (χ1v) is 7.46. The lowest BCUT2D eigenvalue weighted by Gasteiger charge is -2.08. The number of nitrogens with one attached hydrogen (secondary N) is 2. The topological polar surface area (TPSA) is 76.7 Å². The predicted molar refractivity (Wildman–Crippen MR) is 81.5 cm³/mol. The van der Waals surface area contributed by atoms with Gasteiger partial charge in [-0.1, -0.05) is 19.9 Å². The van der Waals surface area contributed by atoms with Crippen LogP contribution in [0.3, 0.4) is 0 Å². The maximum absolute atomic E-state index is 11.7. The Hall–Kier alpha value is -2.24. The van der Waals surface area contributed by atoms with Crippen molar-refractivity contribution in [1.29, 1.82) is 0 Å². The van der Waals surface area contributed by atoms with Gasteiger partial charge in [-0.2, -0.15) is 0 Å². The number of hydrogen-bond acceptors (Lipinski definition) is 4. The Morgan fingerprint density at radius 2 is 1.86 bits per heavy atom. The molecule has 1 aliphatic heterocycles. The summed E-state index contributed by atoms with van der Waals surface area (Å²) in [5.74, 6) is 1.38. The molecule has 1 aromatic carbocycles. The van der Waals surface area contributed by atoms with Gasteiger partial charge >= 0.3 is 0 Å². The molecule has 2 rings (SSSR count). The van der Waals surface area contributed by atoms with Crippen LogP contribution in [0.2, 0.25) is 0 Å². The third-order valence-corrected chi connectivity index (χ3v) is 3.29. The van der Waals surface area contributed by atoms with Gasteiger partial charge in [0.05, 0.1) is 0 Å². The second kappa shape index (κ2) is 7.68. The summed E-state index contributed by atoms with van der Waals surface area (Å²) in [5, 5.41) is 5.46. The summed E-state index contributed by atoms with van der Waals surface area (Å²) in [6, 6.07) is 5.49. The number of ether oxygens (including phenoxy) is 2. The van der Waals surface area contributed by atoms with Crippen LogP contribution in [0.1, 0.15) is 32.3 Å². The highest BCUT2D eigenvalue weighted by molar-refractivity contribution is 5.96. The summed E-state index contributed by atoms with van der Waals surface area (Å²) in [7, 11) is 0. The SMILES string of the molecule is CC(C)CCNC(=O)CC(=O)NCc1ccc2c(c1)OCO2. The Labute approximate surface area is 130 Å². The molecule has 1 aromatic rings. The maximum Gasteiger partial charge on any atom is 0.231 e. The van der Waals surface area contributed by atoms with E-state index < -0.39 is 0 Å². The molecule has 120 valence electrons. The normalized spacial score (nSPS) is 12.3. The lowest BCUT2D eigenvalue weighted by molar-refractivity contribution is -0.129. The molecule has 0 spiro atoms. The van der Waals surface area contributed by atoms with Crippen molar-refractivity contribution in [3.05, 3.63) is 23.8 Å². The van der Waals surface area contributed by atoms with E-state index in [-0.39, 0.29) is 25.0 Å². The van der Waals surface area contributed by atoms with Gasteiger partial charge < -0.3 is 20.1 Å². The number of carbonyl (C=O) groups is 2. The third-order valence-electron chi connectivity index (χ3n) is 3.29. The fraction of sp³-hybridized carbons (Fsp3) is 0.500. The van der Waals surface area contributed by atoms with Crippen LogP contribution in [0.4, 0.5) is 0 Å². The molecule has 0 fully saturated rings. The molecule has 0 unspecified atom stereocenters. The van der Waals surface area contributed by atoms with Gasteiger partial charge in [-0.15, -0.1) is 0 Å². The standard InChI is InChI=1S/C16H22N2O4/c1-11(2)5-6-17-15(19)8-16(20)18-9-12-3-4-13-14(7-12)22-10-21-13/h3-4,7,11H,5-6,8-10H2,1-2H3,(H,17,19)(H,18,20). The van der Waals surface area contributed by atoms with Crippen LogP contribution in [-0.4, -0.2) is 25.2 Å². The zero-order chi connectivity index (χ0) is 15.9. The van der Waals surface area contributed by atoms with Crippen LogP contribution in [0.25, 0.3) is 0 Å². The van der Waals surface area contributed by atoms with Crippen LogP contribution in [0.5, 0.6) is 11.5 Å². The van der Waals surface area contributed by atoms with Crippen LogP contribution < -0.4 is 20.1 Å². The summed E-state index contributed by atoms with van der Waals surface area (Å²) < 4.78 is 10.5. The van der Waals surface area contributed by atoms with E-state index in [1.807, 2.05) is 18.2 Å². The first-order valence-electron chi connectivity index (χ1n) is 7.46. The van der Waals surface area contributed by atoms with Crippen molar-refractivity contribution in [3.8, 4) is 11.5 Å². The van der Waals surface area contributed by atoms with Gasteiger partial charge in [0.25, 0.3) is 0 Å². The van der Waals surface area contributed by atoms with E-state index in [0.29, 0.717) is 30.5 Å². The largest absolute Gasteiger partial charge is 0.454 e. The van der Waals surface area contributed by atoms with E-state index >= 15 is 0 Å². The van der Waals surface area contributed by atoms with Crippen molar-refractivity contribution in [3.63, 3.8) is 0 Å². The van der Waals surface area contributed by atoms with Crippen molar-refractivity contribution < 1.29 is 19.1 Å². The minimum Gasteiger partial charge on any atom is -0.454 e.